The number of nitrogens with one attached hydrogen (secondary N) is 1. The number of hydrogen-bond donors (Lipinski definition) is 1. The smallest absolute Gasteiger partial charge is 0.444 e. The Kier molecular flexibility index (Phi) is 18.7. The van der Waals surface area contributed by atoms with Crippen molar-refractivity contribution in [2.24, 2.45) is 5.34 Å². The van der Waals surface area contributed by atoms with Crippen molar-refractivity contribution in [2.75, 3.05) is 36.0 Å². The van der Waals surface area contributed by atoms with E-state index in [0.717, 1.165) is 75.8 Å². The monoisotopic (exact) mass is 708 g/mol. The first-order valence-electron chi connectivity index (χ1n) is 18.3. The SMILES string of the molecule is CCCCCN(CCCCC)c1ccc(-c2c3nnnc3c(-c3ccc(N(CCCCC)CCCCC)cc3)c3[nH]snc23)cc1.O=N[O-].[Na+]. The maximum Gasteiger partial charge on any atom is 1.00 e. The molecule has 0 aliphatic carbocycles. The van der Waals surface area contributed by atoms with Crippen LogP contribution in [0.25, 0.3) is 44.3 Å². The van der Waals surface area contributed by atoms with Crippen molar-refractivity contribution in [2.45, 2.75) is 105 Å². The number of rotatable bonds is 20. The van der Waals surface area contributed by atoms with E-state index in [0.29, 0.717) is 0 Å². The molecule has 2 heterocycles. The number of aromatic nitrogens is 5. The van der Waals surface area contributed by atoms with E-state index < -0.39 is 0 Å². The number of unbranched alkanes of at least 4 members (excludes halogenated alkanes) is 8. The molecule has 0 amide bonds. The van der Waals surface area contributed by atoms with Crippen LogP contribution in [0.2, 0.25) is 0 Å². The van der Waals surface area contributed by atoms with Gasteiger partial charge in [-0.2, -0.15) is 4.37 Å². The van der Waals surface area contributed by atoms with Gasteiger partial charge in [0.1, 0.15) is 16.6 Å². The van der Waals surface area contributed by atoms with E-state index in [2.05, 4.69) is 106 Å². The maximum absolute atomic E-state index is 8.00. The van der Waals surface area contributed by atoms with Crippen LogP contribution in [0.3, 0.4) is 0 Å². The Hall–Kier alpha value is -3.12. The van der Waals surface area contributed by atoms with Crippen LogP contribution >= 0.6 is 11.7 Å². The summed E-state index contributed by atoms with van der Waals surface area (Å²) in [7, 11) is 0. The Morgan fingerprint density at radius 1 is 0.620 bits per heavy atom. The third kappa shape index (κ3) is 10.9. The minimum Gasteiger partial charge on any atom is -0.444 e. The van der Waals surface area contributed by atoms with Gasteiger partial charge in [0.2, 0.25) is 0 Å². The topological polar surface area (TPSA) is 126 Å². The van der Waals surface area contributed by atoms with Crippen molar-refractivity contribution >= 4 is 45.2 Å². The van der Waals surface area contributed by atoms with Gasteiger partial charge in [0.25, 0.3) is 0 Å². The number of benzene rings is 3. The minimum atomic E-state index is 0. The molecule has 12 heteroatoms. The molecule has 1 N–H and O–H groups in total. The molecule has 0 saturated carbocycles. The van der Waals surface area contributed by atoms with Crippen LogP contribution in [-0.2, 0) is 0 Å². The molecule has 0 radical (unpaired) electrons. The van der Waals surface area contributed by atoms with E-state index in [4.69, 9.17) is 14.5 Å². The fraction of sp³-hybridized carbons (Fsp3) is 0.526. The zero-order valence-electron chi connectivity index (χ0n) is 30.8. The van der Waals surface area contributed by atoms with Crippen molar-refractivity contribution in [1.82, 2.24) is 24.2 Å². The van der Waals surface area contributed by atoms with Gasteiger partial charge in [0.15, 0.2) is 0 Å². The summed E-state index contributed by atoms with van der Waals surface area (Å²) in [6.07, 6.45) is 15.0. The number of anilines is 2. The van der Waals surface area contributed by atoms with Crippen molar-refractivity contribution in [3.63, 3.8) is 0 Å². The molecule has 0 atom stereocenters. The Bertz CT molecular complexity index is 1490. The Labute approximate surface area is 324 Å². The van der Waals surface area contributed by atoms with Crippen LogP contribution < -0.4 is 39.4 Å². The molecule has 0 aliphatic rings. The van der Waals surface area contributed by atoms with E-state index in [-0.39, 0.29) is 29.6 Å². The molecule has 0 spiro atoms. The average molecular weight is 709 g/mol. The van der Waals surface area contributed by atoms with E-state index in [1.807, 2.05) is 0 Å². The van der Waals surface area contributed by atoms with Crippen LogP contribution in [0.5, 0.6) is 0 Å². The molecule has 264 valence electrons. The number of fused-ring (bicyclic) bond motifs is 2. The van der Waals surface area contributed by atoms with E-state index >= 15 is 0 Å². The predicted molar refractivity (Wildman–Crippen MR) is 207 cm³/mol. The minimum absolute atomic E-state index is 0. The van der Waals surface area contributed by atoms with Crippen LogP contribution in [0.15, 0.2) is 53.9 Å². The third-order valence-corrected chi connectivity index (χ3v) is 9.73. The molecule has 5 aromatic rings. The van der Waals surface area contributed by atoms with Gasteiger partial charge in [0, 0.05) is 60.4 Å². The molecule has 0 bridgehead atoms. The first-order chi connectivity index (χ1) is 24.1. The molecule has 5 rings (SSSR count). The molecule has 0 saturated heterocycles. The Morgan fingerprint density at radius 2 is 1.00 bits per heavy atom. The summed E-state index contributed by atoms with van der Waals surface area (Å²) in [5, 5.41) is 22.3. The molecule has 3 aromatic carbocycles. The van der Waals surface area contributed by atoms with Gasteiger partial charge in [-0.05, 0) is 66.3 Å². The average Bonchev–Trinajstić information content (AvgIpc) is 3.81. The first-order valence-corrected chi connectivity index (χ1v) is 19.0. The third-order valence-electron chi connectivity index (χ3n) is 9.16. The van der Waals surface area contributed by atoms with Crippen molar-refractivity contribution in [3.05, 3.63) is 58.6 Å². The summed E-state index contributed by atoms with van der Waals surface area (Å²) in [6.45, 7) is 13.5. The van der Waals surface area contributed by atoms with Gasteiger partial charge in [-0.3, -0.25) is 4.37 Å². The fourth-order valence-corrected chi connectivity index (χ4v) is 7.11. The summed E-state index contributed by atoms with van der Waals surface area (Å²) in [5.41, 5.74) is 10.4. The number of hydrogen-bond acceptors (Lipinski definition) is 10. The maximum atomic E-state index is 8.00. The zero-order chi connectivity index (χ0) is 34.8. The standard InChI is InChI=1S/C38H53N7S.HNO2.Na/c1-5-9-13-25-44(26-14-10-6-2)31-21-17-29(18-22-31)33-35-36(40-43-39-35)34(38-37(33)41-46-42-38)30-19-23-32(24-20-30)45(27-15-11-7-3)28-16-12-8-4;2-1-3;/h17-24,41H,5-16,25-28H2,1-4H3;(H,2,3);/q;;+1/p-1. The van der Waals surface area contributed by atoms with Crippen molar-refractivity contribution < 1.29 is 29.6 Å². The summed E-state index contributed by atoms with van der Waals surface area (Å²) in [5.74, 6) is 0. The number of aromatic amines is 1. The van der Waals surface area contributed by atoms with Gasteiger partial charge >= 0.3 is 29.6 Å². The zero-order valence-corrected chi connectivity index (χ0v) is 33.6. The summed E-state index contributed by atoms with van der Waals surface area (Å²) >= 11 is 1.38. The van der Waals surface area contributed by atoms with Crippen molar-refractivity contribution in [1.29, 1.82) is 0 Å². The van der Waals surface area contributed by atoms with Gasteiger partial charge in [-0.15, -0.1) is 15.5 Å². The summed E-state index contributed by atoms with van der Waals surface area (Å²) < 4.78 is 8.36. The molecule has 50 heavy (non-hydrogen) atoms. The Morgan fingerprint density at radius 3 is 1.40 bits per heavy atom. The van der Waals surface area contributed by atoms with Crippen LogP contribution in [0.4, 0.5) is 11.4 Å². The molecular formula is C38H53N8NaO2S. The van der Waals surface area contributed by atoms with Crippen LogP contribution in [0, 0.1) is 10.1 Å². The van der Waals surface area contributed by atoms with Gasteiger partial charge in [-0.25, -0.2) is 0 Å². The first kappa shape index (κ1) is 41.3. The second kappa shape index (κ2) is 22.6. The van der Waals surface area contributed by atoms with Gasteiger partial charge in [-0.1, -0.05) is 103 Å². The number of nitrogens with zero attached hydrogens (tertiary/aromatic N) is 7. The molecule has 0 fully saturated rings. The summed E-state index contributed by atoms with van der Waals surface area (Å²) in [4.78, 5) is 13.1. The van der Waals surface area contributed by atoms with E-state index in [1.54, 1.807) is 0 Å². The largest absolute Gasteiger partial charge is 1.00 e. The molecule has 0 aliphatic heterocycles. The van der Waals surface area contributed by atoms with E-state index in [1.165, 1.54) is 100 Å². The van der Waals surface area contributed by atoms with Gasteiger partial charge in [0.05, 0.1) is 5.52 Å². The van der Waals surface area contributed by atoms with Crippen LogP contribution in [-0.4, -0.2) is 50.3 Å². The second-order valence-electron chi connectivity index (χ2n) is 12.7. The van der Waals surface area contributed by atoms with Crippen LogP contribution in [0.1, 0.15) is 105 Å². The summed E-state index contributed by atoms with van der Waals surface area (Å²) in [6, 6.07) is 18.0. The molecular weight excluding hydrogens is 656 g/mol. The molecule has 2 aromatic heterocycles. The van der Waals surface area contributed by atoms with Gasteiger partial charge < -0.3 is 19.9 Å². The number of H-pyrrole nitrogens is 1. The molecule has 10 nitrogen and oxygen atoms in total. The second-order valence-corrected chi connectivity index (χ2v) is 13.3. The van der Waals surface area contributed by atoms with Crippen molar-refractivity contribution in [3.8, 4) is 22.3 Å². The normalized spacial score (nSPS) is 10.9. The predicted octanol–water partition coefficient (Wildman–Crippen LogP) is 7.92. The van der Waals surface area contributed by atoms with E-state index in [9.17, 15) is 0 Å². The molecule has 0 unspecified atom stereocenters. The Balaban J connectivity index is 0.00000163. The quantitative estimate of drug-likeness (QED) is 0.0374. The fourth-order valence-electron chi connectivity index (χ4n) is 6.51.